The Balaban J connectivity index is 4.25. The van der Waals surface area contributed by atoms with Gasteiger partial charge < -0.3 is 10.5 Å². The number of hydrogen-bond acceptors (Lipinski definition) is 3. The fourth-order valence-corrected chi connectivity index (χ4v) is 1.79. The van der Waals surface area contributed by atoms with E-state index >= 15 is 0 Å². The van der Waals surface area contributed by atoms with Gasteiger partial charge in [0.05, 0.1) is 12.7 Å². The molecule has 0 heterocycles. The van der Waals surface area contributed by atoms with Crippen molar-refractivity contribution in [2.75, 3.05) is 26.7 Å². The zero-order valence-corrected chi connectivity index (χ0v) is 13.5. The van der Waals surface area contributed by atoms with Crippen LogP contribution in [0.2, 0.25) is 0 Å². The Hall–Kier alpha value is -0.120. The van der Waals surface area contributed by atoms with Crippen molar-refractivity contribution in [3.8, 4) is 0 Å². The third kappa shape index (κ3) is 7.34. The van der Waals surface area contributed by atoms with E-state index in [1.807, 2.05) is 0 Å². The van der Waals surface area contributed by atoms with Crippen LogP contribution in [0.5, 0.6) is 0 Å². The van der Waals surface area contributed by atoms with Crippen molar-refractivity contribution in [3.63, 3.8) is 0 Å². The zero-order valence-electron chi connectivity index (χ0n) is 13.5. The van der Waals surface area contributed by atoms with Crippen molar-refractivity contribution in [1.29, 1.82) is 0 Å². The van der Waals surface area contributed by atoms with Gasteiger partial charge >= 0.3 is 0 Å². The highest BCUT2D eigenvalue weighted by Crippen LogP contribution is 2.27. The lowest BCUT2D eigenvalue weighted by Gasteiger charge is -2.40. The van der Waals surface area contributed by atoms with Crippen LogP contribution in [0.4, 0.5) is 0 Å². The molecule has 3 nitrogen and oxygen atoms in total. The van der Waals surface area contributed by atoms with Gasteiger partial charge in [-0.15, -0.1) is 0 Å². The van der Waals surface area contributed by atoms with Crippen LogP contribution in [0.1, 0.15) is 54.4 Å². The Morgan fingerprint density at radius 2 is 1.67 bits per heavy atom. The first-order chi connectivity index (χ1) is 8.10. The van der Waals surface area contributed by atoms with Crippen LogP contribution in [-0.2, 0) is 4.74 Å². The highest BCUT2D eigenvalue weighted by Gasteiger charge is 2.29. The molecule has 0 saturated carbocycles. The van der Waals surface area contributed by atoms with Gasteiger partial charge in [0.15, 0.2) is 0 Å². The average molecular weight is 258 g/mol. The van der Waals surface area contributed by atoms with Gasteiger partial charge in [-0.25, -0.2) is 0 Å². The molecule has 0 aromatic rings. The summed E-state index contributed by atoms with van der Waals surface area (Å²) in [6.07, 6.45) is 2.62. The maximum absolute atomic E-state index is 5.99. The Labute approximate surface area is 114 Å². The number of hydrogen-bond donors (Lipinski definition) is 1. The molecule has 0 amide bonds. The minimum absolute atomic E-state index is 0.0770. The Bertz CT molecular complexity index is 223. The lowest BCUT2D eigenvalue weighted by Crippen LogP contribution is -2.51. The van der Waals surface area contributed by atoms with Crippen LogP contribution >= 0.6 is 0 Å². The minimum Gasteiger partial charge on any atom is -0.377 e. The highest BCUT2D eigenvalue weighted by molar-refractivity contribution is 4.87. The van der Waals surface area contributed by atoms with E-state index in [1.54, 1.807) is 0 Å². The molecule has 0 spiro atoms. The second-order valence-electron chi connectivity index (χ2n) is 7.10. The fourth-order valence-electron chi connectivity index (χ4n) is 1.79. The van der Waals surface area contributed by atoms with E-state index < -0.39 is 0 Å². The van der Waals surface area contributed by atoms with Gasteiger partial charge in [0.25, 0.3) is 0 Å². The Kier molecular flexibility index (Phi) is 7.41. The smallest absolute Gasteiger partial charge is 0.0597 e. The van der Waals surface area contributed by atoms with Gasteiger partial charge in [0, 0.05) is 18.6 Å². The molecule has 0 radical (unpaired) electrons. The first kappa shape index (κ1) is 17.9. The summed E-state index contributed by atoms with van der Waals surface area (Å²) in [4.78, 5) is 2.35. The lowest BCUT2D eigenvalue weighted by molar-refractivity contribution is 0.0342. The van der Waals surface area contributed by atoms with E-state index in [0.29, 0.717) is 18.1 Å². The van der Waals surface area contributed by atoms with E-state index in [1.165, 1.54) is 6.42 Å². The summed E-state index contributed by atoms with van der Waals surface area (Å²) in [5.74, 6) is 0. The molecule has 0 saturated heterocycles. The number of rotatable bonds is 8. The van der Waals surface area contributed by atoms with Crippen LogP contribution in [-0.4, -0.2) is 43.3 Å². The van der Waals surface area contributed by atoms with E-state index in [-0.39, 0.29) is 5.54 Å². The summed E-state index contributed by atoms with van der Waals surface area (Å²) in [7, 11) is 2.15. The first-order valence-electron chi connectivity index (χ1n) is 7.14. The number of nitrogens with zero attached hydrogens (tertiary/aromatic N) is 1. The average Bonchev–Trinajstić information content (AvgIpc) is 2.24. The molecule has 0 aromatic carbocycles. The highest BCUT2D eigenvalue weighted by atomic mass is 16.5. The number of ether oxygens (including phenoxy) is 1. The van der Waals surface area contributed by atoms with Crippen LogP contribution in [0.3, 0.4) is 0 Å². The molecule has 1 unspecified atom stereocenters. The monoisotopic (exact) mass is 258 g/mol. The topological polar surface area (TPSA) is 38.5 Å². The quantitative estimate of drug-likeness (QED) is 0.727. The fraction of sp³-hybridized carbons (Fsp3) is 1.00. The zero-order chi connectivity index (χ0) is 14.4. The first-order valence-corrected chi connectivity index (χ1v) is 7.14. The standard InChI is InChI=1S/C15H34N2O/c1-13(2)18-11-10-17(7)15(6,12-16)9-8-14(3,4)5/h13H,8-12,16H2,1-7H3. The van der Waals surface area contributed by atoms with Crippen molar-refractivity contribution in [1.82, 2.24) is 4.90 Å². The number of nitrogens with two attached hydrogens (primary N) is 1. The van der Waals surface area contributed by atoms with E-state index in [9.17, 15) is 0 Å². The lowest BCUT2D eigenvalue weighted by atomic mass is 9.83. The maximum Gasteiger partial charge on any atom is 0.0597 e. The van der Waals surface area contributed by atoms with Crippen molar-refractivity contribution >= 4 is 0 Å². The molecule has 0 aliphatic rings. The van der Waals surface area contributed by atoms with E-state index in [4.69, 9.17) is 10.5 Å². The van der Waals surface area contributed by atoms with Gasteiger partial charge in [-0.2, -0.15) is 0 Å². The molecule has 18 heavy (non-hydrogen) atoms. The third-order valence-electron chi connectivity index (χ3n) is 3.65. The van der Waals surface area contributed by atoms with E-state index in [2.05, 4.69) is 53.5 Å². The Morgan fingerprint density at radius 3 is 2.06 bits per heavy atom. The third-order valence-corrected chi connectivity index (χ3v) is 3.65. The van der Waals surface area contributed by atoms with Crippen LogP contribution < -0.4 is 5.73 Å². The minimum atomic E-state index is 0.0770. The molecule has 0 bridgehead atoms. The second kappa shape index (κ2) is 7.46. The molecule has 2 N–H and O–H groups in total. The summed E-state index contributed by atoms with van der Waals surface area (Å²) in [5.41, 5.74) is 6.43. The Morgan fingerprint density at radius 1 is 1.11 bits per heavy atom. The van der Waals surface area contributed by atoms with Crippen LogP contribution in [0.15, 0.2) is 0 Å². The molecule has 0 aliphatic heterocycles. The van der Waals surface area contributed by atoms with Gasteiger partial charge in [-0.3, -0.25) is 4.90 Å². The van der Waals surface area contributed by atoms with Crippen LogP contribution in [0.25, 0.3) is 0 Å². The summed E-state index contributed by atoms with van der Waals surface area (Å²) in [6, 6.07) is 0. The van der Waals surface area contributed by atoms with Crippen molar-refractivity contribution < 1.29 is 4.74 Å². The summed E-state index contributed by atoms with van der Waals surface area (Å²) < 4.78 is 5.62. The molecular formula is C15H34N2O. The van der Waals surface area contributed by atoms with E-state index in [0.717, 1.165) is 19.6 Å². The predicted octanol–water partition coefficient (Wildman–Crippen LogP) is 2.89. The molecule has 110 valence electrons. The summed E-state index contributed by atoms with van der Waals surface area (Å²) >= 11 is 0. The summed E-state index contributed by atoms with van der Waals surface area (Å²) in [5, 5.41) is 0. The van der Waals surface area contributed by atoms with Gasteiger partial charge in [0.1, 0.15) is 0 Å². The van der Waals surface area contributed by atoms with Crippen molar-refractivity contribution in [3.05, 3.63) is 0 Å². The number of likely N-dealkylation sites (N-methyl/N-ethyl adjacent to an activating group) is 1. The molecule has 0 aromatic heterocycles. The van der Waals surface area contributed by atoms with Crippen LogP contribution in [0, 0.1) is 5.41 Å². The molecule has 1 atom stereocenters. The van der Waals surface area contributed by atoms with Crippen molar-refractivity contribution in [2.45, 2.75) is 66.0 Å². The van der Waals surface area contributed by atoms with Crippen molar-refractivity contribution in [2.24, 2.45) is 11.1 Å². The molecule has 0 aliphatic carbocycles. The van der Waals surface area contributed by atoms with Gasteiger partial charge in [-0.1, -0.05) is 20.8 Å². The molecule has 0 fully saturated rings. The SMILES string of the molecule is CC(C)OCCN(C)C(C)(CN)CCC(C)(C)C. The normalized spacial score (nSPS) is 16.3. The summed E-state index contributed by atoms with van der Waals surface area (Å²) in [6.45, 7) is 15.7. The molecular weight excluding hydrogens is 224 g/mol. The van der Waals surface area contributed by atoms with Gasteiger partial charge in [-0.05, 0) is 46.1 Å². The molecule has 0 rings (SSSR count). The maximum atomic E-state index is 5.99. The molecule has 3 heteroatoms. The second-order valence-corrected chi connectivity index (χ2v) is 7.10. The largest absolute Gasteiger partial charge is 0.377 e. The predicted molar refractivity (Wildman–Crippen MR) is 79.9 cm³/mol. The van der Waals surface area contributed by atoms with Gasteiger partial charge in [0.2, 0.25) is 0 Å².